The Morgan fingerprint density at radius 1 is 1.31 bits per heavy atom. The molecule has 0 aromatic rings. The Labute approximate surface area is 82.5 Å². The summed E-state index contributed by atoms with van der Waals surface area (Å²) in [6.07, 6.45) is 6.97. The molecule has 13 heavy (non-hydrogen) atoms. The zero-order valence-corrected chi connectivity index (χ0v) is 9.34. The smallest absolute Gasteiger partial charge is 0.0300 e. The number of nitrogens with zero attached hydrogens (tertiary/aromatic N) is 1. The maximum atomic E-state index is 5.84. The third-order valence-electron chi connectivity index (χ3n) is 3.72. The lowest BCUT2D eigenvalue weighted by atomic mass is 9.87. The van der Waals surface area contributed by atoms with E-state index in [-0.39, 0.29) is 5.54 Å². The molecule has 0 spiro atoms. The fraction of sp³-hybridized carbons (Fsp3) is 1.00. The van der Waals surface area contributed by atoms with Gasteiger partial charge in [-0.25, -0.2) is 0 Å². The minimum atomic E-state index is 0.217. The summed E-state index contributed by atoms with van der Waals surface area (Å²) in [5.41, 5.74) is 6.06. The van der Waals surface area contributed by atoms with Crippen molar-refractivity contribution in [3.63, 3.8) is 0 Å². The Bertz CT molecular complexity index is 150. The molecule has 2 nitrogen and oxygen atoms in total. The first-order valence-corrected chi connectivity index (χ1v) is 5.46. The van der Waals surface area contributed by atoms with Gasteiger partial charge in [0.2, 0.25) is 0 Å². The number of hydrogen-bond acceptors (Lipinski definition) is 2. The van der Waals surface area contributed by atoms with Crippen molar-refractivity contribution in [3.05, 3.63) is 0 Å². The normalized spacial score (nSPS) is 23.8. The fourth-order valence-electron chi connectivity index (χ4n) is 2.28. The second-order valence-electron chi connectivity index (χ2n) is 4.95. The first-order chi connectivity index (χ1) is 6.08. The third kappa shape index (κ3) is 2.68. The van der Waals surface area contributed by atoms with Crippen molar-refractivity contribution < 1.29 is 0 Å². The van der Waals surface area contributed by atoms with Crippen LogP contribution >= 0.6 is 0 Å². The van der Waals surface area contributed by atoms with E-state index in [9.17, 15) is 0 Å². The summed E-state index contributed by atoms with van der Waals surface area (Å²) in [5.74, 6) is 0.927. The molecular weight excluding hydrogens is 160 g/mol. The van der Waals surface area contributed by atoms with E-state index in [2.05, 4.69) is 25.9 Å². The van der Waals surface area contributed by atoms with Crippen LogP contribution in [0.4, 0.5) is 0 Å². The standard InChI is InChI=1S/C11H24N2/c1-11(9-12,13(2)3)8-10-6-4-5-7-10/h10H,4-9,12H2,1-3H3. The maximum Gasteiger partial charge on any atom is 0.0300 e. The van der Waals surface area contributed by atoms with Crippen LogP contribution in [0.25, 0.3) is 0 Å². The van der Waals surface area contributed by atoms with Gasteiger partial charge in [0.25, 0.3) is 0 Å². The van der Waals surface area contributed by atoms with Gasteiger partial charge in [0, 0.05) is 12.1 Å². The second-order valence-corrected chi connectivity index (χ2v) is 4.95. The lowest BCUT2D eigenvalue weighted by molar-refractivity contribution is 0.143. The first kappa shape index (κ1) is 11.0. The maximum absolute atomic E-state index is 5.84. The van der Waals surface area contributed by atoms with E-state index in [1.165, 1.54) is 32.1 Å². The van der Waals surface area contributed by atoms with Gasteiger partial charge in [-0.3, -0.25) is 0 Å². The molecule has 2 N–H and O–H groups in total. The molecule has 1 aliphatic carbocycles. The summed E-state index contributed by atoms with van der Waals surface area (Å²) in [6.45, 7) is 3.06. The van der Waals surface area contributed by atoms with Gasteiger partial charge in [-0.05, 0) is 33.4 Å². The molecule has 1 saturated carbocycles. The van der Waals surface area contributed by atoms with Crippen molar-refractivity contribution in [1.29, 1.82) is 0 Å². The minimum absolute atomic E-state index is 0.217. The lowest BCUT2D eigenvalue weighted by Crippen LogP contribution is -2.48. The quantitative estimate of drug-likeness (QED) is 0.722. The van der Waals surface area contributed by atoms with Crippen LogP contribution in [0.5, 0.6) is 0 Å². The minimum Gasteiger partial charge on any atom is -0.329 e. The van der Waals surface area contributed by atoms with E-state index in [0.29, 0.717) is 0 Å². The number of likely N-dealkylation sites (N-methyl/N-ethyl adjacent to an activating group) is 1. The molecule has 1 fully saturated rings. The molecule has 2 heteroatoms. The highest BCUT2D eigenvalue weighted by molar-refractivity contribution is 4.87. The van der Waals surface area contributed by atoms with Gasteiger partial charge in [0.15, 0.2) is 0 Å². The van der Waals surface area contributed by atoms with Crippen molar-refractivity contribution in [2.75, 3.05) is 20.6 Å². The Kier molecular flexibility index (Phi) is 3.74. The van der Waals surface area contributed by atoms with Gasteiger partial charge in [0.1, 0.15) is 0 Å². The zero-order valence-electron chi connectivity index (χ0n) is 9.34. The predicted molar refractivity (Wildman–Crippen MR) is 57.7 cm³/mol. The Morgan fingerprint density at radius 3 is 2.23 bits per heavy atom. The average Bonchev–Trinajstić information content (AvgIpc) is 2.56. The Hall–Kier alpha value is -0.0800. The summed E-state index contributed by atoms with van der Waals surface area (Å²) < 4.78 is 0. The molecule has 78 valence electrons. The first-order valence-electron chi connectivity index (χ1n) is 5.46. The van der Waals surface area contributed by atoms with Crippen LogP contribution in [0.3, 0.4) is 0 Å². The van der Waals surface area contributed by atoms with E-state index < -0.39 is 0 Å². The predicted octanol–water partition coefficient (Wildman–Crippen LogP) is 1.85. The van der Waals surface area contributed by atoms with E-state index >= 15 is 0 Å². The van der Waals surface area contributed by atoms with Crippen LogP contribution in [0.1, 0.15) is 39.0 Å². The molecule has 0 radical (unpaired) electrons. The zero-order chi connectivity index (χ0) is 9.90. The number of rotatable bonds is 4. The number of nitrogens with two attached hydrogens (primary N) is 1. The van der Waals surface area contributed by atoms with Gasteiger partial charge in [-0.15, -0.1) is 0 Å². The molecule has 1 unspecified atom stereocenters. The van der Waals surface area contributed by atoms with Crippen LogP contribution in [0.2, 0.25) is 0 Å². The average molecular weight is 184 g/mol. The van der Waals surface area contributed by atoms with Crippen molar-refractivity contribution in [3.8, 4) is 0 Å². The van der Waals surface area contributed by atoms with Crippen molar-refractivity contribution in [2.45, 2.75) is 44.6 Å². The summed E-state index contributed by atoms with van der Waals surface area (Å²) in [5, 5.41) is 0. The van der Waals surface area contributed by atoms with Gasteiger partial charge in [0.05, 0.1) is 0 Å². The molecule has 0 aliphatic heterocycles. The monoisotopic (exact) mass is 184 g/mol. The largest absolute Gasteiger partial charge is 0.329 e. The van der Waals surface area contributed by atoms with E-state index in [0.717, 1.165) is 12.5 Å². The summed E-state index contributed by atoms with van der Waals surface area (Å²) in [6, 6.07) is 0. The second kappa shape index (κ2) is 4.43. The van der Waals surface area contributed by atoms with Crippen LogP contribution in [-0.4, -0.2) is 31.1 Å². The molecule has 0 amide bonds. The lowest BCUT2D eigenvalue weighted by Gasteiger charge is -2.37. The molecule has 1 aliphatic rings. The highest BCUT2D eigenvalue weighted by Crippen LogP contribution is 2.33. The fourth-order valence-corrected chi connectivity index (χ4v) is 2.28. The van der Waals surface area contributed by atoms with Crippen LogP contribution in [-0.2, 0) is 0 Å². The molecule has 1 rings (SSSR count). The molecule has 0 heterocycles. The van der Waals surface area contributed by atoms with E-state index in [1.807, 2.05) is 0 Å². The number of hydrogen-bond donors (Lipinski definition) is 1. The summed E-state index contributed by atoms with van der Waals surface area (Å²) in [7, 11) is 4.28. The van der Waals surface area contributed by atoms with Crippen molar-refractivity contribution >= 4 is 0 Å². The van der Waals surface area contributed by atoms with Gasteiger partial charge in [-0.2, -0.15) is 0 Å². The Morgan fingerprint density at radius 2 is 1.85 bits per heavy atom. The van der Waals surface area contributed by atoms with E-state index in [1.54, 1.807) is 0 Å². The highest BCUT2D eigenvalue weighted by Gasteiger charge is 2.30. The molecule has 1 atom stereocenters. The van der Waals surface area contributed by atoms with Crippen molar-refractivity contribution in [1.82, 2.24) is 4.90 Å². The van der Waals surface area contributed by atoms with Crippen LogP contribution in [0.15, 0.2) is 0 Å². The summed E-state index contributed by atoms with van der Waals surface area (Å²) >= 11 is 0. The van der Waals surface area contributed by atoms with E-state index in [4.69, 9.17) is 5.73 Å². The van der Waals surface area contributed by atoms with Crippen LogP contribution in [0, 0.1) is 5.92 Å². The molecule has 0 saturated heterocycles. The highest BCUT2D eigenvalue weighted by atomic mass is 15.1. The summed E-state index contributed by atoms with van der Waals surface area (Å²) in [4.78, 5) is 2.28. The van der Waals surface area contributed by atoms with Crippen LogP contribution < -0.4 is 5.73 Å². The third-order valence-corrected chi connectivity index (χ3v) is 3.72. The molecule has 0 aromatic carbocycles. The SMILES string of the molecule is CN(C)C(C)(CN)CC1CCCC1. The topological polar surface area (TPSA) is 29.3 Å². The van der Waals surface area contributed by atoms with Crippen molar-refractivity contribution in [2.24, 2.45) is 11.7 Å². The van der Waals surface area contributed by atoms with Gasteiger partial charge >= 0.3 is 0 Å². The Balaban J connectivity index is 2.46. The van der Waals surface area contributed by atoms with Gasteiger partial charge in [-0.1, -0.05) is 25.7 Å². The molecule has 0 bridgehead atoms. The molecule has 0 aromatic heterocycles. The van der Waals surface area contributed by atoms with Gasteiger partial charge < -0.3 is 10.6 Å². The molecular formula is C11H24N2.